The molecule has 0 bridgehead atoms. The van der Waals surface area contributed by atoms with Gasteiger partial charge in [-0.25, -0.2) is 4.79 Å². The van der Waals surface area contributed by atoms with Gasteiger partial charge in [-0.15, -0.1) is 0 Å². The summed E-state index contributed by atoms with van der Waals surface area (Å²) in [4.78, 5) is 34.0. The van der Waals surface area contributed by atoms with E-state index >= 15 is 0 Å². The van der Waals surface area contributed by atoms with Crippen LogP contribution in [0.15, 0.2) is 33.5 Å². The molecule has 1 atom stereocenters. The van der Waals surface area contributed by atoms with Crippen LogP contribution in [0.25, 0.3) is 11.0 Å². The van der Waals surface area contributed by atoms with E-state index in [2.05, 4.69) is 5.32 Å². The summed E-state index contributed by atoms with van der Waals surface area (Å²) < 4.78 is 5.10. The van der Waals surface area contributed by atoms with E-state index in [4.69, 9.17) is 15.9 Å². The molecule has 130 valence electrons. The molecule has 2 amide bonds. The first kappa shape index (κ1) is 19.4. The van der Waals surface area contributed by atoms with Crippen LogP contribution in [0, 0.1) is 6.92 Å². The second kappa shape index (κ2) is 8.83. The zero-order valence-electron chi connectivity index (χ0n) is 14.1. The van der Waals surface area contributed by atoms with Gasteiger partial charge in [0.2, 0.25) is 11.8 Å². The third-order valence-corrected chi connectivity index (χ3v) is 3.26. The van der Waals surface area contributed by atoms with Crippen molar-refractivity contribution in [3.05, 3.63) is 40.2 Å². The highest BCUT2D eigenvalue weighted by molar-refractivity contribution is 5.96. The van der Waals surface area contributed by atoms with Crippen molar-refractivity contribution in [3.63, 3.8) is 0 Å². The van der Waals surface area contributed by atoms with E-state index in [1.165, 1.54) is 6.07 Å². The van der Waals surface area contributed by atoms with Crippen LogP contribution in [0.5, 0.6) is 0 Å². The average molecular weight is 333 g/mol. The Hall–Kier alpha value is -2.67. The van der Waals surface area contributed by atoms with E-state index in [-0.39, 0.29) is 12.8 Å². The first-order valence-corrected chi connectivity index (χ1v) is 7.76. The molecular weight excluding hydrogens is 310 g/mol. The molecule has 24 heavy (non-hydrogen) atoms. The number of hydrogen-bond donors (Lipinski definition) is 3. The Kier molecular flexibility index (Phi) is 7.13. The molecule has 0 fully saturated rings. The van der Waals surface area contributed by atoms with Gasteiger partial charge >= 0.3 is 5.63 Å². The zero-order valence-corrected chi connectivity index (χ0v) is 14.1. The van der Waals surface area contributed by atoms with E-state index in [1.54, 1.807) is 25.1 Å². The lowest BCUT2D eigenvalue weighted by Crippen LogP contribution is -2.36. The van der Waals surface area contributed by atoms with Crippen LogP contribution < -0.4 is 22.4 Å². The smallest absolute Gasteiger partial charge is 0.336 e. The normalized spacial score (nSPS) is 11.3. The summed E-state index contributed by atoms with van der Waals surface area (Å²) in [6, 6.07) is 5.56. The number of hydrogen-bond acceptors (Lipinski definition) is 5. The third-order valence-electron chi connectivity index (χ3n) is 3.26. The molecule has 2 rings (SSSR count). The van der Waals surface area contributed by atoms with E-state index in [1.807, 2.05) is 13.8 Å². The summed E-state index contributed by atoms with van der Waals surface area (Å²) in [6.07, 6.45) is 0.212. The van der Waals surface area contributed by atoms with Gasteiger partial charge in [0.1, 0.15) is 5.58 Å². The van der Waals surface area contributed by atoms with Crippen molar-refractivity contribution >= 4 is 28.5 Å². The van der Waals surface area contributed by atoms with Crippen LogP contribution in [-0.4, -0.2) is 17.9 Å². The highest BCUT2D eigenvalue weighted by Gasteiger charge is 2.15. The van der Waals surface area contributed by atoms with Crippen molar-refractivity contribution in [3.8, 4) is 0 Å². The molecule has 2 aromatic rings. The fraction of sp³-hybridized carbons (Fsp3) is 0.353. The SMILES string of the molecule is CC.Cc1cc(=O)oc2cc(NC(=O)C(N)CCC(N)=O)ccc12. The Morgan fingerprint density at radius 1 is 1.25 bits per heavy atom. The Bertz CT molecular complexity index is 783. The van der Waals surface area contributed by atoms with Crippen LogP contribution in [-0.2, 0) is 9.59 Å². The summed E-state index contributed by atoms with van der Waals surface area (Å²) in [5, 5.41) is 3.41. The molecule has 0 aliphatic heterocycles. The summed E-state index contributed by atoms with van der Waals surface area (Å²) >= 11 is 0. The molecule has 0 saturated heterocycles. The molecule has 7 nitrogen and oxygen atoms in total. The zero-order chi connectivity index (χ0) is 18.3. The molecule has 7 heteroatoms. The average Bonchev–Trinajstić information content (AvgIpc) is 2.53. The number of carbonyl (C=O) groups is 2. The molecule has 1 aromatic heterocycles. The number of aryl methyl sites for hydroxylation is 1. The highest BCUT2D eigenvalue weighted by Crippen LogP contribution is 2.20. The van der Waals surface area contributed by atoms with Gasteiger partial charge in [-0.2, -0.15) is 0 Å². The van der Waals surface area contributed by atoms with Gasteiger partial charge < -0.3 is 21.2 Å². The highest BCUT2D eigenvalue weighted by atomic mass is 16.4. The maximum atomic E-state index is 11.9. The largest absolute Gasteiger partial charge is 0.423 e. The van der Waals surface area contributed by atoms with Crippen LogP contribution in [0.2, 0.25) is 0 Å². The van der Waals surface area contributed by atoms with Crippen molar-refractivity contribution in [1.29, 1.82) is 0 Å². The fourth-order valence-electron chi connectivity index (χ4n) is 2.07. The van der Waals surface area contributed by atoms with Gasteiger partial charge in [-0.1, -0.05) is 13.8 Å². The van der Waals surface area contributed by atoms with Crippen molar-refractivity contribution in [2.75, 3.05) is 5.32 Å². The minimum atomic E-state index is -0.840. The van der Waals surface area contributed by atoms with Crippen molar-refractivity contribution in [1.82, 2.24) is 0 Å². The number of nitrogens with two attached hydrogens (primary N) is 2. The van der Waals surface area contributed by atoms with Crippen LogP contribution in [0.1, 0.15) is 32.3 Å². The molecule has 0 aliphatic carbocycles. The molecule has 0 aliphatic rings. The predicted octanol–water partition coefficient (Wildman–Crippen LogP) is 1.66. The number of nitrogens with one attached hydrogen (secondary N) is 1. The molecule has 1 heterocycles. The van der Waals surface area contributed by atoms with E-state index in [0.29, 0.717) is 11.3 Å². The lowest BCUT2D eigenvalue weighted by Gasteiger charge is -2.12. The van der Waals surface area contributed by atoms with Gasteiger partial charge in [0.15, 0.2) is 0 Å². The summed E-state index contributed by atoms with van der Waals surface area (Å²) in [5.41, 5.74) is 11.9. The van der Waals surface area contributed by atoms with Crippen molar-refractivity contribution < 1.29 is 14.0 Å². The Morgan fingerprint density at radius 2 is 1.92 bits per heavy atom. The fourth-order valence-corrected chi connectivity index (χ4v) is 2.07. The van der Waals surface area contributed by atoms with Gasteiger partial charge in [-0.3, -0.25) is 9.59 Å². The lowest BCUT2D eigenvalue weighted by atomic mass is 10.1. The standard InChI is InChI=1S/C15H17N3O4.C2H6/c1-8-6-14(20)22-12-7-9(2-3-10(8)12)18-15(21)11(16)4-5-13(17)19;1-2/h2-3,6-7,11H,4-5,16H2,1H3,(H2,17,19)(H,18,21);1-2H3. The minimum Gasteiger partial charge on any atom is -0.423 e. The lowest BCUT2D eigenvalue weighted by molar-refractivity contribution is -0.119. The molecule has 5 N–H and O–H groups in total. The van der Waals surface area contributed by atoms with Crippen molar-refractivity contribution in [2.45, 2.75) is 39.7 Å². The van der Waals surface area contributed by atoms with Crippen molar-refractivity contribution in [2.24, 2.45) is 11.5 Å². The molecule has 0 radical (unpaired) electrons. The molecule has 1 unspecified atom stereocenters. The maximum absolute atomic E-state index is 11.9. The predicted molar refractivity (Wildman–Crippen MR) is 93.6 cm³/mol. The first-order chi connectivity index (χ1) is 11.4. The van der Waals surface area contributed by atoms with E-state index < -0.39 is 23.5 Å². The second-order valence-electron chi connectivity index (χ2n) is 5.06. The monoisotopic (exact) mass is 333 g/mol. The number of carbonyl (C=O) groups excluding carboxylic acids is 2. The maximum Gasteiger partial charge on any atom is 0.336 e. The van der Waals surface area contributed by atoms with E-state index in [0.717, 1.165) is 10.9 Å². The number of benzene rings is 1. The van der Waals surface area contributed by atoms with Gasteiger partial charge in [0, 0.05) is 29.6 Å². The van der Waals surface area contributed by atoms with Crippen LogP contribution in [0.3, 0.4) is 0 Å². The first-order valence-electron chi connectivity index (χ1n) is 7.76. The topological polar surface area (TPSA) is 128 Å². The molecule has 0 saturated carbocycles. The quantitative estimate of drug-likeness (QED) is 0.717. The molecular formula is C17H23N3O4. The van der Waals surface area contributed by atoms with E-state index in [9.17, 15) is 14.4 Å². The number of rotatable bonds is 5. The molecule has 0 spiro atoms. The summed E-state index contributed by atoms with van der Waals surface area (Å²) in [6.45, 7) is 5.80. The second-order valence-corrected chi connectivity index (χ2v) is 5.06. The van der Waals surface area contributed by atoms with Gasteiger partial charge in [-0.05, 0) is 31.0 Å². The summed E-state index contributed by atoms with van der Waals surface area (Å²) in [7, 11) is 0. The van der Waals surface area contributed by atoms with Crippen LogP contribution in [0.4, 0.5) is 5.69 Å². The van der Waals surface area contributed by atoms with Gasteiger partial charge in [0.25, 0.3) is 0 Å². The number of amides is 2. The Balaban J connectivity index is 0.00000139. The number of anilines is 1. The summed E-state index contributed by atoms with van der Waals surface area (Å²) in [5.74, 6) is -0.943. The third kappa shape index (κ3) is 5.20. The minimum absolute atomic E-state index is 0.0420. The Labute approximate surface area is 140 Å². The number of fused-ring (bicyclic) bond motifs is 1. The Morgan fingerprint density at radius 3 is 2.54 bits per heavy atom. The number of primary amides is 1. The van der Waals surface area contributed by atoms with Crippen LogP contribution >= 0.6 is 0 Å². The molecule has 1 aromatic carbocycles. The van der Waals surface area contributed by atoms with Gasteiger partial charge in [0.05, 0.1) is 6.04 Å².